The number of nitrogen functional groups attached to an aromatic ring is 4. The Kier molecular flexibility index (Phi) is 24.9. The molecule has 0 aliphatic heterocycles. The minimum Gasteiger partial charge on any atom is -0.508 e. The molecule has 740 valence electrons. The third-order valence-electron chi connectivity index (χ3n) is 24.1. The molecule has 1 fully saturated rings. The van der Waals surface area contributed by atoms with Gasteiger partial charge < -0.3 is 33.1 Å². The highest BCUT2D eigenvalue weighted by atomic mass is 79.9. The lowest BCUT2D eigenvalue weighted by Gasteiger charge is -2.15. The van der Waals surface area contributed by atoms with Crippen LogP contribution in [0.4, 0.5) is 67.2 Å². The van der Waals surface area contributed by atoms with Gasteiger partial charge in [-0.1, -0.05) is 90.8 Å². The number of fused-ring (bicyclic) bond motifs is 8. The SMILES string of the molecule is Cc1ccccc1-n1c(Cn2nc(-c3cc(O)cc(F)c3)c3c(N)ncnc32)nc2scc(C(F)(F)F)c2c1=O.Cc1ccccc1-n1c(Cn2nc(-c3cccc(O)c3)c3c(N)ncnc32)nc2scc(C(F)(F)F)c2c1=O.Cc1ccccc1-n1c(Cn2nc(Br)c3c(N)ncnc32)nc2scc(C(F)(F)F)c2c1=O.Cc1ccccc1-n1c(Cn2nc(C#CC3CC3)c3c(N)ncnc32)nc2c(C)nn(C)c2c1=O. The molecule has 1 aliphatic rings. The molecule has 0 saturated heterocycles. The average Bonchev–Trinajstić information content (AvgIpc) is 1.63. The summed E-state index contributed by atoms with van der Waals surface area (Å²) in [6.07, 6.45) is -6.78. The third kappa shape index (κ3) is 18.1. The number of anilines is 4. The number of para-hydroxylation sites is 4. The number of hydrogen-bond acceptors (Lipinski definition) is 30. The molecule has 0 bridgehead atoms. The fourth-order valence-corrected chi connectivity index (χ4v) is 20.6. The van der Waals surface area contributed by atoms with Crippen molar-refractivity contribution in [2.75, 3.05) is 22.9 Å². The molecule has 0 radical (unpaired) electrons. The monoisotopic (exact) mass is 2120 g/mol. The van der Waals surface area contributed by atoms with E-state index in [-0.39, 0.29) is 115 Å². The molecule has 0 spiro atoms. The number of aromatic nitrogens is 26. The lowest BCUT2D eigenvalue weighted by Crippen LogP contribution is -2.27. The number of nitrogens with zero attached hydrogens (tertiary/aromatic N) is 26. The molecule has 0 amide bonds. The van der Waals surface area contributed by atoms with Gasteiger partial charge in [0, 0.05) is 46.3 Å². The largest absolute Gasteiger partial charge is 0.508 e. The molecule has 16 heterocycles. The molecule has 23 rings (SSSR count). The molecular weight excluding hydrogens is 2050 g/mol. The summed E-state index contributed by atoms with van der Waals surface area (Å²) >= 11 is 5.56. The highest BCUT2D eigenvalue weighted by Gasteiger charge is 2.40. The molecular formula is C97H71BrF10N30O6S3. The second-order valence-corrected chi connectivity index (χ2v) is 37.1. The molecule has 147 heavy (non-hydrogen) atoms. The van der Waals surface area contributed by atoms with Crippen LogP contribution in [-0.2, 0) is 51.8 Å². The average molecular weight is 2120 g/mol. The van der Waals surface area contributed by atoms with Gasteiger partial charge in [0.1, 0.15) is 157 Å². The van der Waals surface area contributed by atoms with Crippen molar-refractivity contribution in [3.8, 4) is 68.6 Å². The van der Waals surface area contributed by atoms with Gasteiger partial charge in [-0.05, 0) is 140 Å². The van der Waals surface area contributed by atoms with Crippen molar-refractivity contribution in [1.29, 1.82) is 0 Å². The van der Waals surface area contributed by atoms with Crippen LogP contribution < -0.4 is 45.2 Å². The minimum atomic E-state index is -4.75. The molecule has 1 aliphatic carbocycles. The van der Waals surface area contributed by atoms with E-state index >= 15 is 0 Å². The predicted molar refractivity (Wildman–Crippen MR) is 535 cm³/mol. The number of nitrogens with two attached hydrogens (primary N) is 4. The molecule has 1 saturated carbocycles. The number of benzene rings is 6. The number of phenols is 2. The minimum absolute atomic E-state index is 0.00294. The van der Waals surface area contributed by atoms with Crippen LogP contribution in [0.15, 0.2) is 205 Å². The Bertz CT molecular complexity index is 9470. The fraction of sp³-hybridized carbons (Fsp3) is 0.165. The van der Waals surface area contributed by atoms with Gasteiger partial charge in [0.15, 0.2) is 28.1 Å². The molecule has 36 nitrogen and oxygen atoms in total. The zero-order valence-electron chi connectivity index (χ0n) is 77.0. The molecule has 16 aromatic heterocycles. The van der Waals surface area contributed by atoms with Crippen molar-refractivity contribution in [1.82, 2.24) is 127 Å². The van der Waals surface area contributed by atoms with Crippen LogP contribution in [-0.4, -0.2) is 137 Å². The van der Waals surface area contributed by atoms with E-state index in [1.807, 2.05) is 38.1 Å². The van der Waals surface area contributed by atoms with Gasteiger partial charge in [-0.3, -0.25) is 42.1 Å². The van der Waals surface area contributed by atoms with Crippen LogP contribution in [0.5, 0.6) is 11.5 Å². The number of alkyl halides is 9. The fourth-order valence-electron chi connectivity index (χ4n) is 17.1. The van der Waals surface area contributed by atoms with E-state index in [1.54, 1.807) is 127 Å². The third-order valence-corrected chi connectivity index (χ3v) is 27.2. The molecule has 0 atom stereocenters. The molecule has 0 unspecified atom stereocenters. The van der Waals surface area contributed by atoms with E-state index in [4.69, 9.17) is 33.0 Å². The van der Waals surface area contributed by atoms with Gasteiger partial charge in [0.25, 0.3) is 22.2 Å². The summed E-state index contributed by atoms with van der Waals surface area (Å²) in [5, 5.41) is 45.7. The van der Waals surface area contributed by atoms with Gasteiger partial charge in [-0.25, -0.2) is 82.9 Å². The highest BCUT2D eigenvalue weighted by molar-refractivity contribution is 9.10. The van der Waals surface area contributed by atoms with Gasteiger partial charge >= 0.3 is 18.5 Å². The zero-order valence-corrected chi connectivity index (χ0v) is 81.0. The molecule has 22 aromatic rings. The van der Waals surface area contributed by atoms with E-state index in [9.17, 15) is 73.3 Å². The number of halogens is 11. The number of aromatic hydroxyl groups is 2. The Morgan fingerprint density at radius 2 is 0.769 bits per heavy atom. The van der Waals surface area contributed by atoms with Crippen molar-refractivity contribution in [3.63, 3.8) is 0 Å². The quantitative estimate of drug-likeness (QED) is 0.0435. The van der Waals surface area contributed by atoms with Crippen LogP contribution in [0.3, 0.4) is 0 Å². The summed E-state index contributed by atoms with van der Waals surface area (Å²) in [6.45, 7) is 8.86. The molecule has 10 N–H and O–H groups in total. The van der Waals surface area contributed by atoms with Crippen LogP contribution in [0.2, 0.25) is 0 Å². The van der Waals surface area contributed by atoms with E-state index < -0.39 is 73.9 Å². The van der Waals surface area contributed by atoms with Crippen molar-refractivity contribution in [3.05, 3.63) is 306 Å². The number of thiophene rings is 3. The Morgan fingerprint density at radius 3 is 1.17 bits per heavy atom. The van der Waals surface area contributed by atoms with Gasteiger partial charge in [0.05, 0.1) is 82.8 Å². The summed E-state index contributed by atoms with van der Waals surface area (Å²) in [7, 11) is 1.76. The van der Waals surface area contributed by atoms with Gasteiger partial charge in [0.2, 0.25) is 0 Å². The summed E-state index contributed by atoms with van der Waals surface area (Å²) in [6, 6.07) is 38.0. The maximum atomic E-state index is 14.1. The maximum absolute atomic E-state index is 14.1. The lowest BCUT2D eigenvalue weighted by atomic mass is 10.1. The summed E-state index contributed by atoms with van der Waals surface area (Å²) < 4.78 is 151. The second kappa shape index (κ2) is 37.7. The van der Waals surface area contributed by atoms with E-state index in [1.165, 1.54) is 66.7 Å². The number of phenolic OH excluding ortho intramolecular Hbond substituents is 2. The topological polar surface area (TPSA) is 476 Å². The maximum Gasteiger partial charge on any atom is 0.418 e. The molecule has 6 aromatic carbocycles. The normalized spacial score (nSPS) is 12.4. The van der Waals surface area contributed by atoms with Crippen molar-refractivity contribution in [2.45, 2.75) is 92.2 Å². The van der Waals surface area contributed by atoms with E-state index in [0.29, 0.717) is 134 Å². The van der Waals surface area contributed by atoms with Crippen LogP contribution in [0, 0.1) is 58.2 Å². The Labute approximate surface area is 838 Å². The Hall–Kier alpha value is -17.5. The van der Waals surface area contributed by atoms with Crippen LogP contribution in [0.25, 0.3) is 131 Å². The Morgan fingerprint density at radius 1 is 0.408 bits per heavy atom. The first-order chi connectivity index (χ1) is 70.2. The van der Waals surface area contributed by atoms with E-state index in [2.05, 4.69) is 103 Å². The first-order valence-corrected chi connectivity index (χ1v) is 47.5. The summed E-state index contributed by atoms with van der Waals surface area (Å²) in [5.74, 6) is 7.43. The Balaban J connectivity index is 0.000000119. The predicted octanol–water partition coefficient (Wildman–Crippen LogP) is 16.5. The number of hydrogen-bond donors (Lipinski definition) is 6. The van der Waals surface area contributed by atoms with Crippen molar-refractivity contribution >= 4 is 159 Å². The number of aryl methyl sites for hydroxylation is 6. The van der Waals surface area contributed by atoms with Crippen molar-refractivity contribution < 1.29 is 54.1 Å². The smallest absolute Gasteiger partial charge is 0.418 e. The lowest BCUT2D eigenvalue weighted by molar-refractivity contribution is -0.136. The zero-order chi connectivity index (χ0) is 104. The molecule has 50 heteroatoms. The first kappa shape index (κ1) is 97.0. The van der Waals surface area contributed by atoms with Gasteiger partial charge in [-0.2, -0.15) is 65.0 Å². The van der Waals surface area contributed by atoms with Crippen molar-refractivity contribution in [2.24, 2.45) is 13.0 Å². The standard InChI is InChI=1S/C26H17F4N7O2S.C26H18F3N7O2S.C25H23N9O.C20H13BrF3N7OS/c1-12-4-2-3-5-17(12)37-18(34-24-19(25(37)39)16(10-40-24)26(28,29)30)9-36-23-20(22(31)32-11-33-23)21(35-36)13-6-14(27)8-15(38)7-13;1-13-5-2-3-8-17(13)36-18(33-24-19(25(36)38)16(11-39-24)26(27,28)29)10-35-23-20(22(30)31-12-32-23)21(34-35)14-6-4-7-15(37)9-14;1-14-6-4-5-7-18(14)34-19(29-21-15(2)30-32(3)22(21)25(34)35)12-33-24-20(23(26)27-13-28-24)17(31-33)11-10-16-8-9-16;1-9-4-2-3-5-11(9)31-12(6-30-17-14(15(21)29-30)16(25)26-8-27-17)28-18-13(19(31)32)10(7-33-18)20(22,23)24/h2-8,10-11,38H,9H2,1H3,(H2,31,32,33);2-9,11-12,37H,10H2,1H3,(H2,30,31,32);4-7,13,16H,8-9,12H2,1-3H3,(H2,26,27,28);2-5,7-8H,6H2,1H3,(H2,25,26,27). The summed E-state index contributed by atoms with van der Waals surface area (Å²) in [5.41, 5.74) is 28.5. The summed E-state index contributed by atoms with van der Waals surface area (Å²) in [4.78, 5) is 106. The van der Waals surface area contributed by atoms with Gasteiger partial charge in [-0.15, -0.1) is 34.0 Å². The van der Waals surface area contributed by atoms with Crippen LogP contribution in [0.1, 0.15) is 86.5 Å². The van der Waals surface area contributed by atoms with Crippen LogP contribution >= 0.6 is 49.9 Å². The second-order valence-electron chi connectivity index (χ2n) is 33.8. The number of rotatable bonds is 14. The van der Waals surface area contributed by atoms with E-state index in [0.717, 1.165) is 79.6 Å². The highest BCUT2D eigenvalue weighted by Crippen LogP contribution is 2.43. The first-order valence-electron chi connectivity index (χ1n) is 44.1.